The van der Waals surface area contributed by atoms with E-state index in [2.05, 4.69) is 21.0 Å². The fourth-order valence-corrected chi connectivity index (χ4v) is 5.61. The van der Waals surface area contributed by atoms with Crippen LogP contribution in [0.15, 0.2) is 42.5 Å². The van der Waals surface area contributed by atoms with Crippen LogP contribution in [-0.2, 0) is 30.5 Å². The molecule has 0 saturated carbocycles. The molecular formula is C29H30F4N6O2. The van der Waals surface area contributed by atoms with Gasteiger partial charge in [0.25, 0.3) is 0 Å². The molecule has 8 nitrogen and oxygen atoms in total. The fourth-order valence-electron chi connectivity index (χ4n) is 5.61. The third-order valence-corrected chi connectivity index (χ3v) is 7.72. The summed E-state index contributed by atoms with van der Waals surface area (Å²) in [5.74, 6) is -1.54. The highest BCUT2D eigenvalue weighted by molar-refractivity contribution is 5.74. The van der Waals surface area contributed by atoms with Gasteiger partial charge in [-0.05, 0) is 24.3 Å². The number of halogens is 4. The van der Waals surface area contributed by atoms with Crippen LogP contribution in [0.25, 0.3) is 11.3 Å². The van der Waals surface area contributed by atoms with Crippen molar-refractivity contribution >= 4 is 11.6 Å². The van der Waals surface area contributed by atoms with Crippen LogP contribution in [-0.4, -0.2) is 76.0 Å². The van der Waals surface area contributed by atoms with Gasteiger partial charge >= 0.3 is 6.18 Å². The number of carbonyl (C=O) groups is 1. The number of fused-ring (bicyclic) bond motifs is 1. The lowest BCUT2D eigenvalue weighted by Gasteiger charge is -2.37. The number of rotatable bonds is 6. The molecule has 0 bridgehead atoms. The second kappa shape index (κ2) is 11.5. The van der Waals surface area contributed by atoms with Crippen LogP contribution in [0.2, 0.25) is 0 Å². The lowest BCUT2D eigenvalue weighted by Crippen LogP contribution is -2.49. The van der Waals surface area contributed by atoms with E-state index in [1.54, 1.807) is 15.6 Å². The summed E-state index contributed by atoms with van der Waals surface area (Å²) >= 11 is 0. The molecule has 0 aliphatic carbocycles. The van der Waals surface area contributed by atoms with E-state index in [9.17, 15) is 32.7 Å². The lowest BCUT2D eigenvalue weighted by molar-refractivity contribution is -0.140. The van der Waals surface area contributed by atoms with E-state index >= 15 is 0 Å². The molecule has 0 spiro atoms. The van der Waals surface area contributed by atoms with E-state index in [-0.39, 0.29) is 24.6 Å². The van der Waals surface area contributed by atoms with Gasteiger partial charge < -0.3 is 14.9 Å². The van der Waals surface area contributed by atoms with Crippen molar-refractivity contribution in [2.75, 3.05) is 44.2 Å². The van der Waals surface area contributed by atoms with Gasteiger partial charge in [0.05, 0.1) is 35.2 Å². The Hall–Kier alpha value is -3.95. The Balaban J connectivity index is 1.32. The summed E-state index contributed by atoms with van der Waals surface area (Å²) in [7, 11) is 0. The monoisotopic (exact) mass is 570 g/mol. The number of β-amino-alcohol motifs (C(OH)–C–C–N with tert-alkyl or cyclic N) is 1. The number of carbonyl (C=O) groups excluding carboxylic acids is 1. The maximum Gasteiger partial charge on any atom is 0.419 e. The first-order valence-corrected chi connectivity index (χ1v) is 13.4. The van der Waals surface area contributed by atoms with Crippen molar-refractivity contribution in [1.29, 1.82) is 5.26 Å². The average Bonchev–Trinajstić information content (AvgIpc) is 3.30. The molecule has 1 unspecified atom stereocenters. The van der Waals surface area contributed by atoms with Crippen molar-refractivity contribution in [3.8, 4) is 17.3 Å². The summed E-state index contributed by atoms with van der Waals surface area (Å²) in [5.41, 5.74) is 2.06. The molecule has 1 aromatic heterocycles. The number of para-hydroxylation sites is 1. The number of nitrogens with zero attached hydrogens (tertiary/aromatic N) is 6. The predicted molar refractivity (Wildman–Crippen MR) is 143 cm³/mol. The van der Waals surface area contributed by atoms with Gasteiger partial charge in [0.1, 0.15) is 11.9 Å². The Labute approximate surface area is 235 Å². The number of benzene rings is 2. The van der Waals surface area contributed by atoms with E-state index in [1.165, 1.54) is 13.0 Å². The molecule has 5 rings (SSSR count). The van der Waals surface area contributed by atoms with E-state index < -0.39 is 23.7 Å². The van der Waals surface area contributed by atoms with Crippen LogP contribution in [0.4, 0.5) is 23.2 Å². The maximum atomic E-state index is 14.4. The van der Waals surface area contributed by atoms with E-state index in [1.807, 2.05) is 18.2 Å². The molecule has 12 heteroatoms. The first kappa shape index (κ1) is 28.6. The Kier molecular flexibility index (Phi) is 8.02. The molecule has 2 aliphatic rings. The third kappa shape index (κ3) is 6.06. The van der Waals surface area contributed by atoms with Gasteiger partial charge in [0, 0.05) is 76.0 Å². The van der Waals surface area contributed by atoms with Crippen LogP contribution in [0.5, 0.6) is 0 Å². The highest BCUT2D eigenvalue weighted by Crippen LogP contribution is 2.36. The minimum absolute atomic E-state index is 0.142. The number of hydrogen-bond donors (Lipinski definition) is 1. The van der Waals surface area contributed by atoms with Gasteiger partial charge in [-0.2, -0.15) is 23.5 Å². The second-order valence-electron chi connectivity index (χ2n) is 10.4. The molecule has 216 valence electrons. The molecule has 1 fully saturated rings. The van der Waals surface area contributed by atoms with Crippen molar-refractivity contribution in [2.24, 2.45) is 0 Å². The number of aliphatic hydroxyl groups excluding tert-OH is 1. The lowest BCUT2D eigenvalue weighted by atomic mass is 9.99. The van der Waals surface area contributed by atoms with Gasteiger partial charge in [-0.15, -0.1) is 0 Å². The van der Waals surface area contributed by atoms with Crippen LogP contribution >= 0.6 is 0 Å². The van der Waals surface area contributed by atoms with Gasteiger partial charge in [0.2, 0.25) is 5.91 Å². The zero-order valence-electron chi connectivity index (χ0n) is 22.5. The van der Waals surface area contributed by atoms with E-state index in [0.717, 1.165) is 17.4 Å². The Morgan fingerprint density at radius 3 is 2.49 bits per heavy atom. The normalized spacial score (nSPS) is 16.8. The molecule has 1 amide bonds. The van der Waals surface area contributed by atoms with Crippen LogP contribution < -0.4 is 4.90 Å². The van der Waals surface area contributed by atoms with Crippen molar-refractivity contribution in [3.05, 3.63) is 70.7 Å². The van der Waals surface area contributed by atoms with Gasteiger partial charge in [-0.1, -0.05) is 18.2 Å². The van der Waals surface area contributed by atoms with Gasteiger partial charge in [0.15, 0.2) is 0 Å². The van der Waals surface area contributed by atoms with Crippen LogP contribution in [0, 0.1) is 17.1 Å². The van der Waals surface area contributed by atoms with E-state index in [4.69, 9.17) is 0 Å². The molecule has 41 heavy (non-hydrogen) atoms. The molecule has 1 atom stereocenters. The number of alkyl halides is 3. The molecule has 2 aliphatic heterocycles. The third-order valence-electron chi connectivity index (χ3n) is 7.72. The predicted octanol–water partition coefficient (Wildman–Crippen LogP) is 3.67. The highest BCUT2D eigenvalue weighted by Gasteiger charge is 2.35. The minimum Gasteiger partial charge on any atom is -0.390 e. The van der Waals surface area contributed by atoms with Crippen LogP contribution in [0.3, 0.4) is 0 Å². The zero-order chi connectivity index (χ0) is 29.3. The topological polar surface area (TPSA) is 88.6 Å². The zero-order valence-corrected chi connectivity index (χ0v) is 22.5. The summed E-state index contributed by atoms with van der Waals surface area (Å²) < 4.78 is 55.5. The minimum atomic E-state index is -4.82. The number of piperazine rings is 1. The second-order valence-corrected chi connectivity index (χ2v) is 10.4. The molecule has 3 aromatic rings. The summed E-state index contributed by atoms with van der Waals surface area (Å²) in [4.78, 5) is 18.0. The largest absolute Gasteiger partial charge is 0.419 e. The number of anilines is 1. The molecule has 2 aromatic carbocycles. The molecule has 1 N–H and O–H groups in total. The SMILES string of the molecule is CC(=O)N1CCc2c(c(-c3ccc(C(F)(F)F)c(F)c3)nn2CC(O)CN2CCN(c3ccccc3C#N)CC2)C1. The number of amides is 1. The van der Waals surface area contributed by atoms with Crippen molar-refractivity contribution in [1.82, 2.24) is 19.6 Å². The summed E-state index contributed by atoms with van der Waals surface area (Å²) in [5, 5.41) is 25.0. The Morgan fingerprint density at radius 2 is 1.83 bits per heavy atom. The Morgan fingerprint density at radius 1 is 1.10 bits per heavy atom. The first-order chi connectivity index (χ1) is 19.5. The molecule has 3 heterocycles. The maximum absolute atomic E-state index is 14.4. The number of hydrogen-bond acceptors (Lipinski definition) is 6. The van der Waals surface area contributed by atoms with Crippen molar-refractivity contribution in [3.63, 3.8) is 0 Å². The number of nitriles is 1. The van der Waals surface area contributed by atoms with Gasteiger partial charge in [-0.25, -0.2) is 4.39 Å². The highest BCUT2D eigenvalue weighted by atomic mass is 19.4. The smallest absolute Gasteiger partial charge is 0.390 e. The standard InChI is InChI=1S/C29H30F4N6O2/c1-19(40)38-9-8-27-23(18-38)28(20-6-7-24(25(30)14-20)29(31,32)33)35-39(27)17-22(41)16-36-10-12-37(13-11-36)26-5-3-2-4-21(26)15-34/h2-7,14,22,41H,8-13,16-18H2,1H3. The summed E-state index contributed by atoms with van der Waals surface area (Å²) in [6, 6.07) is 12.4. The van der Waals surface area contributed by atoms with Gasteiger partial charge in [-0.3, -0.25) is 14.4 Å². The average molecular weight is 571 g/mol. The fraction of sp³-hybridized carbons (Fsp3) is 0.414. The van der Waals surface area contributed by atoms with Crippen molar-refractivity contribution < 1.29 is 27.5 Å². The molecular weight excluding hydrogens is 540 g/mol. The van der Waals surface area contributed by atoms with Crippen molar-refractivity contribution in [2.45, 2.75) is 38.7 Å². The number of aliphatic hydroxyl groups is 1. The first-order valence-electron chi connectivity index (χ1n) is 13.4. The Bertz CT molecular complexity index is 1470. The quantitative estimate of drug-likeness (QED) is 0.455. The number of aromatic nitrogens is 2. The molecule has 1 saturated heterocycles. The molecule has 0 radical (unpaired) electrons. The summed E-state index contributed by atoms with van der Waals surface area (Å²) in [6.07, 6.45) is -5.16. The van der Waals surface area contributed by atoms with E-state index in [0.29, 0.717) is 68.6 Å². The summed E-state index contributed by atoms with van der Waals surface area (Å²) in [6.45, 7) is 5.39. The van der Waals surface area contributed by atoms with Crippen LogP contribution in [0.1, 0.15) is 29.3 Å².